The summed E-state index contributed by atoms with van der Waals surface area (Å²) in [5.41, 5.74) is 1.76. The summed E-state index contributed by atoms with van der Waals surface area (Å²) in [7, 11) is 1.61. The maximum atomic E-state index is 5.93. The fraction of sp³-hybridized carbons (Fsp3) is 0.353. The van der Waals surface area contributed by atoms with Gasteiger partial charge in [0.2, 0.25) is 11.8 Å². The highest BCUT2D eigenvalue weighted by molar-refractivity contribution is 5.72. The molecule has 118 valence electrons. The topological polar surface area (TPSA) is 64.3 Å². The minimum absolute atomic E-state index is 0.256. The molecule has 23 heavy (non-hydrogen) atoms. The largest absolute Gasteiger partial charge is 0.481 e. The number of aromatic nitrogens is 3. The van der Waals surface area contributed by atoms with Gasteiger partial charge in [-0.15, -0.1) is 0 Å². The molecule has 1 fully saturated rings. The van der Waals surface area contributed by atoms with Crippen molar-refractivity contribution in [3.05, 3.63) is 42.4 Å². The summed E-state index contributed by atoms with van der Waals surface area (Å²) in [6, 6.07) is 9.64. The average Bonchev–Trinajstić information content (AvgIpc) is 3.06. The number of para-hydroxylation sites is 2. The molecule has 0 radical (unpaired) electrons. The zero-order chi connectivity index (χ0) is 15.6. The second kappa shape index (κ2) is 5.87. The van der Waals surface area contributed by atoms with E-state index in [-0.39, 0.29) is 5.92 Å². The predicted octanol–water partition coefficient (Wildman–Crippen LogP) is 3.01. The smallest absolute Gasteiger partial charge is 0.228 e. The van der Waals surface area contributed by atoms with Crippen LogP contribution >= 0.6 is 0 Å². The summed E-state index contributed by atoms with van der Waals surface area (Å²) in [5, 5.41) is 0. The zero-order valence-corrected chi connectivity index (χ0v) is 13.0. The lowest BCUT2D eigenvalue weighted by Crippen LogP contribution is -2.35. The van der Waals surface area contributed by atoms with Gasteiger partial charge >= 0.3 is 0 Å². The Morgan fingerprint density at radius 2 is 2.13 bits per heavy atom. The first kappa shape index (κ1) is 14.0. The summed E-state index contributed by atoms with van der Waals surface area (Å²) < 4.78 is 11.1. The predicted molar refractivity (Wildman–Crippen MR) is 86.8 cm³/mol. The number of benzene rings is 1. The number of ether oxygens (including phenoxy) is 1. The molecule has 0 bridgehead atoms. The number of hydrogen-bond donors (Lipinski definition) is 0. The van der Waals surface area contributed by atoms with Crippen molar-refractivity contribution in [1.29, 1.82) is 0 Å². The van der Waals surface area contributed by atoms with Crippen LogP contribution < -0.4 is 9.64 Å². The number of nitrogens with zero attached hydrogens (tertiary/aromatic N) is 4. The van der Waals surface area contributed by atoms with Gasteiger partial charge < -0.3 is 14.1 Å². The molecule has 0 N–H and O–H groups in total. The van der Waals surface area contributed by atoms with Crippen molar-refractivity contribution in [2.75, 3.05) is 25.1 Å². The van der Waals surface area contributed by atoms with Crippen LogP contribution in [0.2, 0.25) is 0 Å². The van der Waals surface area contributed by atoms with Crippen LogP contribution in [0.15, 0.2) is 40.9 Å². The SMILES string of the molecule is COc1ccnc(N2CCCC(c3nc4ccccc4o3)C2)n1. The molecule has 2 aromatic heterocycles. The van der Waals surface area contributed by atoms with E-state index in [1.165, 1.54) is 0 Å². The van der Waals surface area contributed by atoms with Gasteiger partial charge in [-0.25, -0.2) is 9.97 Å². The molecule has 1 aliphatic rings. The molecule has 1 unspecified atom stereocenters. The first-order chi connectivity index (χ1) is 11.3. The van der Waals surface area contributed by atoms with Crippen molar-refractivity contribution >= 4 is 17.0 Å². The highest BCUT2D eigenvalue weighted by Gasteiger charge is 2.27. The number of anilines is 1. The molecule has 0 aliphatic carbocycles. The van der Waals surface area contributed by atoms with Crippen LogP contribution in [0, 0.1) is 0 Å². The first-order valence-corrected chi connectivity index (χ1v) is 7.81. The number of rotatable bonds is 3. The molecule has 6 nitrogen and oxygen atoms in total. The van der Waals surface area contributed by atoms with Gasteiger partial charge in [0.25, 0.3) is 0 Å². The van der Waals surface area contributed by atoms with Gasteiger partial charge in [0.05, 0.1) is 13.0 Å². The molecular weight excluding hydrogens is 292 g/mol. The maximum absolute atomic E-state index is 5.93. The van der Waals surface area contributed by atoms with Crippen LogP contribution in [0.4, 0.5) is 5.95 Å². The van der Waals surface area contributed by atoms with E-state index in [2.05, 4.69) is 19.9 Å². The third kappa shape index (κ3) is 2.72. The second-order valence-electron chi connectivity index (χ2n) is 5.70. The van der Waals surface area contributed by atoms with Crippen LogP contribution in [0.3, 0.4) is 0 Å². The molecule has 1 aliphatic heterocycles. The summed E-state index contributed by atoms with van der Waals surface area (Å²) in [4.78, 5) is 15.6. The molecule has 3 heterocycles. The Hall–Kier alpha value is -2.63. The minimum atomic E-state index is 0.256. The Labute approximate surface area is 134 Å². The second-order valence-corrected chi connectivity index (χ2v) is 5.70. The fourth-order valence-corrected chi connectivity index (χ4v) is 3.02. The Morgan fingerprint density at radius 3 is 3.00 bits per heavy atom. The van der Waals surface area contributed by atoms with E-state index in [9.17, 15) is 0 Å². The van der Waals surface area contributed by atoms with Gasteiger partial charge in [-0.3, -0.25) is 0 Å². The van der Waals surface area contributed by atoms with Crippen LogP contribution in [0.1, 0.15) is 24.7 Å². The Kier molecular flexibility index (Phi) is 3.57. The number of piperidine rings is 1. The third-order valence-corrected chi connectivity index (χ3v) is 4.19. The average molecular weight is 310 g/mol. The first-order valence-electron chi connectivity index (χ1n) is 7.81. The summed E-state index contributed by atoms with van der Waals surface area (Å²) in [6.45, 7) is 1.74. The van der Waals surface area contributed by atoms with E-state index in [0.29, 0.717) is 11.8 Å². The number of hydrogen-bond acceptors (Lipinski definition) is 6. The molecule has 3 aromatic rings. The van der Waals surface area contributed by atoms with Crippen LogP contribution in [-0.2, 0) is 0 Å². The molecular formula is C17H18N4O2. The standard InChI is InChI=1S/C17H18N4O2/c1-22-15-8-9-18-17(20-15)21-10-4-5-12(11-21)16-19-13-6-2-3-7-14(13)23-16/h2-3,6-9,12H,4-5,10-11H2,1H3. The molecule has 4 rings (SSSR count). The Bertz CT molecular complexity index is 784. The maximum Gasteiger partial charge on any atom is 0.228 e. The molecule has 1 saturated heterocycles. The van der Waals surface area contributed by atoms with Crippen molar-refractivity contribution in [2.45, 2.75) is 18.8 Å². The molecule has 6 heteroatoms. The minimum Gasteiger partial charge on any atom is -0.481 e. The van der Waals surface area contributed by atoms with Crippen molar-refractivity contribution < 1.29 is 9.15 Å². The normalized spacial score (nSPS) is 18.3. The van der Waals surface area contributed by atoms with Crippen molar-refractivity contribution in [3.8, 4) is 5.88 Å². The third-order valence-electron chi connectivity index (χ3n) is 4.19. The molecule has 0 amide bonds. The van der Waals surface area contributed by atoms with Crippen LogP contribution in [0.5, 0.6) is 5.88 Å². The van der Waals surface area contributed by atoms with Crippen molar-refractivity contribution in [1.82, 2.24) is 15.0 Å². The monoisotopic (exact) mass is 310 g/mol. The zero-order valence-electron chi connectivity index (χ0n) is 13.0. The number of oxazole rings is 1. The molecule has 0 spiro atoms. The Morgan fingerprint density at radius 1 is 1.22 bits per heavy atom. The molecule has 0 saturated carbocycles. The fourth-order valence-electron chi connectivity index (χ4n) is 3.02. The highest BCUT2D eigenvalue weighted by atomic mass is 16.5. The van der Waals surface area contributed by atoms with E-state index >= 15 is 0 Å². The quantitative estimate of drug-likeness (QED) is 0.741. The van der Waals surface area contributed by atoms with E-state index < -0.39 is 0 Å². The van der Waals surface area contributed by atoms with Gasteiger partial charge in [0.15, 0.2) is 11.5 Å². The van der Waals surface area contributed by atoms with E-state index in [1.807, 2.05) is 24.3 Å². The van der Waals surface area contributed by atoms with E-state index in [0.717, 1.165) is 42.9 Å². The van der Waals surface area contributed by atoms with Gasteiger partial charge in [-0.1, -0.05) is 12.1 Å². The van der Waals surface area contributed by atoms with Gasteiger partial charge in [-0.2, -0.15) is 4.98 Å². The van der Waals surface area contributed by atoms with Gasteiger partial charge in [-0.05, 0) is 25.0 Å². The van der Waals surface area contributed by atoms with Crippen LogP contribution in [-0.4, -0.2) is 35.2 Å². The number of methoxy groups -OCH3 is 1. The van der Waals surface area contributed by atoms with Gasteiger partial charge in [0.1, 0.15) is 5.52 Å². The number of fused-ring (bicyclic) bond motifs is 1. The van der Waals surface area contributed by atoms with Crippen molar-refractivity contribution in [2.24, 2.45) is 0 Å². The summed E-state index contributed by atoms with van der Waals surface area (Å²) in [5.74, 6) is 2.34. The lowest BCUT2D eigenvalue weighted by atomic mass is 9.98. The Balaban J connectivity index is 1.58. The molecule has 1 atom stereocenters. The van der Waals surface area contributed by atoms with Gasteiger partial charge in [0, 0.05) is 25.4 Å². The summed E-state index contributed by atoms with van der Waals surface area (Å²) in [6.07, 6.45) is 3.85. The lowest BCUT2D eigenvalue weighted by Gasteiger charge is -2.31. The van der Waals surface area contributed by atoms with E-state index in [1.54, 1.807) is 19.4 Å². The van der Waals surface area contributed by atoms with E-state index in [4.69, 9.17) is 9.15 Å². The lowest BCUT2D eigenvalue weighted by molar-refractivity contribution is 0.391. The summed E-state index contributed by atoms with van der Waals surface area (Å²) >= 11 is 0. The van der Waals surface area contributed by atoms with Crippen molar-refractivity contribution in [3.63, 3.8) is 0 Å². The molecule has 1 aromatic carbocycles. The van der Waals surface area contributed by atoms with Crippen LogP contribution in [0.25, 0.3) is 11.1 Å². The highest BCUT2D eigenvalue weighted by Crippen LogP contribution is 2.30.